The summed E-state index contributed by atoms with van der Waals surface area (Å²) >= 11 is 0. The largest absolute Gasteiger partial charge is 0.355 e. The van der Waals surface area contributed by atoms with E-state index >= 15 is 0 Å². The Balaban J connectivity index is 1.59. The summed E-state index contributed by atoms with van der Waals surface area (Å²) in [5.74, 6) is 0.446. The third-order valence-electron chi connectivity index (χ3n) is 5.44. The molecule has 0 amide bonds. The third kappa shape index (κ3) is 2.57. The van der Waals surface area contributed by atoms with Gasteiger partial charge in [0.2, 0.25) is 0 Å². The van der Waals surface area contributed by atoms with Crippen LogP contribution in [0.25, 0.3) is 28.1 Å². The van der Waals surface area contributed by atoms with Gasteiger partial charge in [0.05, 0.1) is 0 Å². The molecule has 1 heteroatoms. The first-order chi connectivity index (χ1) is 12.8. The van der Waals surface area contributed by atoms with E-state index in [0.29, 0.717) is 5.92 Å². The van der Waals surface area contributed by atoms with Gasteiger partial charge in [0.1, 0.15) is 0 Å². The lowest BCUT2D eigenvalue weighted by Crippen LogP contribution is -2.05. The highest BCUT2D eigenvalue weighted by Crippen LogP contribution is 2.36. The van der Waals surface area contributed by atoms with Crippen LogP contribution in [0.1, 0.15) is 28.3 Å². The van der Waals surface area contributed by atoms with Crippen LogP contribution in [0, 0.1) is 6.92 Å². The number of aryl methyl sites for hydroxylation is 1. The normalized spacial score (nSPS) is 16.0. The van der Waals surface area contributed by atoms with Crippen LogP contribution < -0.4 is 0 Å². The number of nitrogens with one attached hydrogen (secondary N) is 1. The van der Waals surface area contributed by atoms with Crippen LogP contribution in [0.4, 0.5) is 0 Å². The van der Waals surface area contributed by atoms with Crippen molar-refractivity contribution < 1.29 is 0 Å². The molecular formula is C25H21N. The molecule has 1 atom stereocenters. The van der Waals surface area contributed by atoms with Gasteiger partial charge in [-0.15, -0.1) is 0 Å². The maximum Gasteiger partial charge on any atom is 0.0461 e. The summed E-state index contributed by atoms with van der Waals surface area (Å²) < 4.78 is 0. The lowest BCUT2D eigenvalue weighted by Gasteiger charge is -2.18. The van der Waals surface area contributed by atoms with Crippen LogP contribution in [0.5, 0.6) is 0 Å². The first-order valence-electron chi connectivity index (χ1n) is 9.23. The Kier molecular flexibility index (Phi) is 3.53. The summed E-state index contributed by atoms with van der Waals surface area (Å²) in [6, 6.07) is 26.3. The van der Waals surface area contributed by atoms with Crippen molar-refractivity contribution in [2.75, 3.05) is 0 Å². The Bertz CT molecular complexity index is 1120. The summed E-state index contributed by atoms with van der Waals surface area (Å²) in [7, 11) is 0. The Morgan fingerprint density at radius 2 is 1.73 bits per heavy atom. The van der Waals surface area contributed by atoms with E-state index in [4.69, 9.17) is 0 Å². The van der Waals surface area contributed by atoms with Gasteiger partial charge in [0.15, 0.2) is 0 Å². The topological polar surface area (TPSA) is 15.8 Å². The molecule has 0 saturated carbocycles. The fraction of sp³-hybridized carbons (Fsp3) is 0.120. The number of fused-ring (bicyclic) bond motifs is 3. The van der Waals surface area contributed by atoms with Crippen molar-refractivity contribution in [1.29, 1.82) is 0 Å². The third-order valence-corrected chi connectivity index (χ3v) is 5.44. The molecule has 1 aliphatic carbocycles. The predicted octanol–water partition coefficient (Wildman–Crippen LogP) is 6.50. The average Bonchev–Trinajstić information content (AvgIpc) is 3.06. The van der Waals surface area contributed by atoms with Crippen molar-refractivity contribution in [2.24, 2.45) is 0 Å². The van der Waals surface area contributed by atoms with Crippen molar-refractivity contribution in [3.8, 4) is 11.1 Å². The number of hydrogen-bond donors (Lipinski definition) is 1. The minimum atomic E-state index is 0.446. The molecule has 1 nitrogen and oxygen atoms in total. The second kappa shape index (κ2) is 6.03. The van der Waals surface area contributed by atoms with Gasteiger partial charge in [-0.3, -0.25) is 0 Å². The van der Waals surface area contributed by atoms with E-state index in [2.05, 4.69) is 96.9 Å². The number of aromatic amines is 1. The van der Waals surface area contributed by atoms with Gasteiger partial charge in [-0.25, -0.2) is 0 Å². The summed E-state index contributed by atoms with van der Waals surface area (Å²) in [6.07, 6.45) is 5.64. The van der Waals surface area contributed by atoms with E-state index in [1.54, 1.807) is 0 Å². The molecule has 4 aromatic rings. The van der Waals surface area contributed by atoms with E-state index < -0.39 is 0 Å². The van der Waals surface area contributed by atoms with Crippen LogP contribution in [0.3, 0.4) is 0 Å². The number of aromatic nitrogens is 1. The molecule has 1 N–H and O–H groups in total. The van der Waals surface area contributed by atoms with Gasteiger partial charge < -0.3 is 4.98 Å². The Morgan fingerprint density at radius 1 is 0.846 bits per heavy atom. The fourth-order valence-corrected chi connectivity index (χ4v) is 4.07. The zero-order chi connectivity index (χ0) is 17.5. The summed E-state index contributed by atoms with van der Waals surface area (Å²) in [6.45, 7) is 2.17. The van der Waals surface area contributed by atoms with E-state index in [9.17, 15) is 0 Å². The summed E-state index contributed by atoms with van der Waals surface area (Å²) in [5.41, 5.74) is 9.20. The molecule has 0 bridgehead atoms. The van der Waals surface area contributed by atoms with Gasteiger partial charge in [-0.1, -0.05) is 72.3 Å². The number of rotatable bonds is 2. The number of benzene rings is 3. The molecule has 0 spiro atoms. The molecule has 0 radical (unpaired) electrons. The minimum absolute atomic E-state index is 0.446. The molecule has 3 aromatic carbocycles. The van der Waals surface area contributed by atoms with Gasteiger partial charge in [0, 0.05) is 22.5 Å². The molecule has 126 valence electrons. The van der Waals surface area contributed by atoms with Crippen molar-refractivity contribution in [1.82, 2.24) is 4.98 Å². The van der Waals surface area contributed by atoms with E-state index in [-0.39, 0.29) is 0 Å². The number of allylic oxidation sites excluding steroid dienone is 1. The maximum atomic E-state index is 3.59. The quantitative estimate of drug-likeness (QED) is 0.430. The molecule has 0 fully saturated rings. The molecule has 26 heavy (non-hydrogen) atoms. The zero-order valence-corrected chi connectivity index (χ0v) is 14.9. The summed E-state index contributed by atoms with van der Waals surface area (Å²) in [5, 5.41) is 1.35. The van der Waals surface area contributed by atoms with E-state index in [0.717, 1.165) is 6.42 Å². The molecule has 0 saturated heterocycles. The molecule has 1 aliphatic rings. The van der Waals surface area contributed by atoms with Crippen LogP contribution in [0.15, 0.2) is 78.9 Å². The number of hydrogen-bond acceptors (Lipinski definition) is 0. The molecule has 5 rings (SSSR count). The standard InChI is InChI=1S/C25H21N/c1-17-6-5-9-19(14-17)21-11-13-25-23(16-21)22-15-20(10-12-24(22)26-25)18-7-3-2-4-8-18/h2-15,21,26H,16H2,1H3. The van der Waals surface area contributed by atoms with Crippen LogP contribution >= 0.6 is 0 Å². The summed E-state index contributed by atoms with van der Waals surface area (Å²) in [4.78, 5) is 3.59. The SMILES string of the molecule is Cc1cccc(C2C=Cc3[nH]c4ccc(-c5ccccc5)cc4c3C2)c1. The Hall–Kier alpha value is -3.06. The van der Waals surface area contributed by atoms with E-state index in [1.165, 1.54) is 44.4 Å². The maximum absolute atomic E-state index is 3.59. The van der Waals surface area contributed by atoms with Gasteiger partial charge in [-0.05, 0) is 53.8 Å². The lowest BCUT2D eigenvalue weighted by molar-refractivity contribution is 0.830. The highest BCUT2D eigenvalue weighted by molar-refractivity contribution is 5.91. The van der Waals surface area contributed by atoms with Crippen LogP contribution in [-0.2, 0) is 6.42 Å². The lowest BCUT2D eigenvalue weighted by atomic mass is 9.86. The Labute approximate surface area is 154 Å². The smallest absolute Gasteiger partial charge is 0.0461 e. The fourth-order valence-electron chi connectivity index (χ4n) is 4.07. The van der Waals surface area contributed by atoms with Crippen LogP contribution in [-0.4, -0.2) is 4.98 Å². The molecule has 1 aromatic heterocycles. The van der Waals surface area contributed by atoms with Crippen molar-refractivity contribution in [3.63, 3.8) is 0 Å². The van der Waals surface area contributed by atoms with Crippen molar-refractivity contribution in [2.45, 2.75) is 19.3 Å². The predicted molar refractivity (Wildman–Crippen MR) is 110 cm³/mol. The van der Waals surface area contributed by atoms with Gasteiger partial charge in [-0.2, -0.15) is 0 Å². The molecular weight excluding hydrogens is 314 g/mol. The highest BCUT2D eigenvalue weighted by Gasteiger charge is 2.20. The minimum Gasteiger partial charge on any atom is -0.355 e. The molecule has 0 aliphatic heterocycles. The first kappa shape index (κ1) is 15.2. The second-order valence-corrected chi connectivity index (χ2v) is 7.23. The monoisotopic (exact) mass is 335 g/mol. The second-order valence-electron chi connectivity index (χ2n) is 7.23. The van der Waals surface area contributed by atoms with Crippen molar-refractivity contribution in [3.05, 3.63) is 101 Å². The van der Waals surface area contributed by atoms with Crippen molar-refractivity contribution >= 4 is 17.0 Å². The van der Waals surface area contributed by atoms with Gasteiger partial charge in [0.25, 0.3) is 0 Å². The average molecular weight is 335 g/mol. The molecule has 1 heterocycles. The first-order valence-corrected chi connectivity index (χ1v) is 9.23. The number of H-pyrrole nitrogens is 1. The van der Waals surface area contributed by atoms with Crippen LogP contribution in [0.2, 0.25) is 0 Å². The Morgan fingerprint density at radius 3 is 2.58 bits per heavy atom. The highest BCUT2D eigenvalue weighted by atomic mass is 14.7. The van der Waals surface area contributed by atoms with Gasteiger partial charge >= 0.3 is 0 Å². The zero-order valence-electron chi connectivity index (χ0n) is 14.9. The van der Waals surface area contributed by atoms with E-state index in [1.807, 2.05) is 0 Å². The molecule has 1 unspecified atom stereocenters.